The number of hydrogen-bond acceptors (Lipinski definition) is 5. The molecule has 1 atom stereocenters. The van der Waals surface area contributed by atoms with Crippen LogP contribution in [-0.2, 0) is 4.79 Å². The topological polar surface area (TPSA) is 113 Å². The van der Waals surface area contributed by atoms with Crippen molar-refractivity contribution < 1.29 is 14.0 Å². The number of benzene rings is 1. The van der Waals surface area contributed by atoms with Gasteiger partial charge in [0.15, 0.2) is 11.9 Å². The van der Waals surface area contributed by atoms with Crippen LogP contribution in [0.15, 0.2) is 35.0 Å². The maximum absolute atomic E-state index is 11.6. The number of imide groups is 1. The van der Waals surface area contributed by atoms with E-state index < -0.39 is 18.0 Å². The lowest BCUT2D eigenvalue weighted by atomic mass is 10.1. The summed E-state index contributed by atoms with van der Waals surface area (Å²) >= 11 is 0. The van der Waals surface area contributed by atoms with Crippen molar-refractivity contribution in [3.05, 3.63) is 36.4 Å². The van der Waals surface area contributed by atoms with Gasteiger partial charge in [-0.3, -0.25) is 10.1 Å². The highest BCUT2D eigenvalue weighted by molar-refractivity contribution is 6.04. The first kappa shape index (κ1) is 11.6. The fourth-order valence-corrected chi connectivity index (χ4v) is 2.32. The molecule has 1 aliphatic heterocycles. The van der Waals surface area contributed by atoms with E-state index in [9.17, 15) is 9.59 Å². The lowest BCUT2D eigenvalue weighted by Gasteiger charge is -2.00. The second-order valence-electron chi connectivity index (χ2n) is 4.63. The third-order valence-corrected chi connectivity index (χ3v) is 3.28. The molecule has 0 saturated carbocycles. The van der Waals surface area contributed by atoms with E-state index in [4.69, 9.17) is 4.42 Å². The summed E-state index contributed by atoms with van der Waals surface area (Å²) < 4.78 is 5.62. The van der Waals surface area contributed by atoms with Gasteiger partial charge in [-0.1, -0.05) is 0 Å². The second kappa shape index (κ2) is 4.17. The van der Waals surface area contributed by atoms with Crippen LogP contribution in [0.1, 0.15) is 11.8 Å². The smallest absolute Gasteiger partial charge is 0.322 e. The zero-order valence-electron chi connectivity index (χ0n) is 10.6. The SMILES string of the molecule is O=C1NC(=O)[C@H](c2cc3cc(-c4nnc[nH]4)ccc3o2)N1. The van der Waals surface area contributed by atoms with Crippen LogP contribution in [0.25, 0.3) is 22.4 Å². The molecule has 0 unspecified atom stereocenters. The Bertz CT molecular complexity index is 852. The zero-order chi connectivity index (χ0) is 14.4. The molecule has 1 aliphatic rings. The molecule has 2 aromatic heterocycles. The minimum Gasteiger partial charge on any atom is -0.458 e. The number of urea groups is 1. The van der Waals surface area contributed by atoms with Crippen molar-refractivity contribution in [2.24, 2.45) is 0 Å². The Morgan fingerprint density at radius 3 is 2.81 bits per heavy atom. The largest absolute Gasteiger partial charge is 0.458 e. The molecular weight excluding hydrogens is 274 g/mol. The quantitative estimate of drug-likeness (QED) is 0.609. The van der Waals surface area contributed by atoms with E-state index in [1.54, 1.807) is 12.1 Å². The van der Waals surface area contributed by atoms with E-state index in [0.29, 0.717) is 17.2 Å². The lowest BCUT2D eigenvalue weighted by molar-refractivity contribution is -0.120. The lowest BCUT2D eigenvalue weighted by Crippen LogP contribution is -2.22. The van der Waals surface area contributed by atoms with E-state index in [2.05, 4.69) is 25.8 Å². The molecule has 3 heterocycles. The van der Waals surface area contributed by atoms with Crippen LogP contribution in [0, 0.1) is 0 Å². The molecular formula is C13H9N5O3. The molecule has 8 nitrogen and oxygen atoms in total. The van der Waals surface area contributed by atoms with Crippen LogP contribution in [0.3, 0.4) is 0 Å². The van der Waals surface area contributed by atoms with Crippen molar-refractivity contribution in [1.29, 1.82) is 0 Å². The Balaban J connectivity index is 1.76. The van der Waals surface area contributed by atoms with Crippen molar-refractivity contribution in [3.63, 3.8) is 0 Å². The molecule has 8 heteroatoms. The number of aromatic amines is 1. The first-order valence-corrected chi connectivity index (χ1v) is 6.22. The van der Waals surface area contributed by atoms with Gasteiger partial charge in [0, 0.05) is 10.9 Å². The molecule has 3 amide bonds. The molecule has 0 aliphatic carbocycles. The van der Waals surface area contributed by atoms with Crippen molar-refractivity contribution >= 4 is 22.9 Å². The van der Waals surface area contributed by atoms with Crippen molar-refractivity contribution in [1.82, 2.24) is 25.8 Å². The van der Waals surface area contributed by atoms with Gasteiger partial charge in [-0.05, 0) is 24.3 Å². The molecule has 4 rings (SSSR count). The average molecular weight is 283 g/mol. The molecule has 21 heavy (non-hydrogen) atoms. The van der Waals surface area contributed by atoms with Crippen molar-refractivity contribution in [2.45, 2.75) is 6.04 Å². The fraction of sp³-hybridized carbons (Fsp3) is 0.0769. The molecule has 1 fully saturated rings. The van der Waals surface area contributed by atoms with Gasteiger partial charge >= 0.3 is 6.03 Å². The van der Waals surface area contributed by atoms with Gasteiger partial charge < -0.3 is 14.7 Å². The number of carbonyl (C=O) groups is 2. The number of H-pyrrole nitrogens is 1. The Hall–Kier alpha value is -3.16. The fourth-order valence-electron chi connectivity index (χ4n) is 2.32. The van der Waals surface area contributed by atoms with Gasteiger partial charge in [-0.25, -0.2) is 4.79 Å². The van der Waals surface area contributed by atoms with E-state index in [-0.39, 0.29) is 0 Å². The first-order valence-electron chi connectivity index (χ1n) is 6.22. The summed E-state index contributed by atoms with van der Waals surface area (Å²) in [7, 11) is 0. The summed E-state index contributed by atoms with van der Waals surface area (Å²) in [5, 5.41) is 13.2. The first-order chi connectivity index (χ1) is 10.2. The Labute approximate surface area is 117 Å². The molecule has 104 valence electrons. The summed E-state index contributed by atoms with van der Waals surface area (Å²) in [5.41, 5.74) is 1.48. The number of furan rings is 1. The molecule has 1 aromatic carbocycles. The maximum atomic E-state index is 11.6. The van der Waals surface area contributed by atoms with Crippen LogP contribution in [0.5, 0.6) is 0 Å². The minimum atomic E-state index is -0.793. The summed E-state index contributed by atoms with van der Waals surface area (Å²) in [5.74, 6) is 0.615. The van der Waals surface area contributed by atoms with Crippen LogP contribution >= 0.6 is 0 Å². The van der Waals surface area contributed by atoms with Gasteiger partial charge in [0.25, 0.3) is 5.91 Å². The third kappa shape index (κ3) is 1.84. The standard InChI is InChI=1S/C13H9N5O3/c19-12-10(16-13(20)17-12)9-4-7-3-6(1-2-8(7)21-9)11-14-5-15-18-11/h1-5,10H,(H,14,15,18)(H2,16,17,19,20)/t10-/m0/s1. The minimum absolute atomic E-state index is 0.392. The maximum Gasteiger partial charge on any atom is 0.322 e. The van der Waals surface area contributed by atoms with Gasteiger partial charge in [0.05, 0.1) is 0 Å². The molecule has 3 N–H and O–H groups in total. The van der Waals surface area contributed by atoms with Gasteiger partial charge in [-0.2, -0.15) is 0 Å². The summed E-state index contributed by atoms with van der Waals surface area (Å²) in [6.45, 7) is 0. The van der Waals surface area contributed by atoms with E-state index in [1.807, 2.05) is 12.1 Å². The normalized spacial score (nSPS) is 18.0. The molecule has 0 spiro atoms. The number of nitrogens with zero attached hydrogens (tertiary/aromatic N) is 2. The number of aromatic nitrogens is 3. The van der Waals surface area contributed by atoms with Crippen LogP contribution in [-0.4, -0.2) is 27.1 Å². The highest BCUT2D eigenvalue weighted by Gasteiger charge is 2.33. The predicted octanol–water partition coefficient (Wildman–Crippen LogP) is 1.10. The average Bonchev–Trinajstić information content (AvgIpc) is 3.16. The van der Waals surface area contributed by atoms with Crippen LogP contribution < -0.4 is 10.6 Å². The highest BCUT2D eigenvalue weighted by atomic mass is 16.3. The van der Waals surface area contributed by atoms with Gasteiger partial charge in [-0.15, -0.1) is 10.2 Å². The number of fused-ring (bicyclic) bond motifs is 1. The highest BCUT2D eigenvalue weighted by Crippen LogP contribution is 2.28. The molecule has 0 radical (unpaired) electrons. The molecule has 0 bridgehead atoms. The van der Waals surface area contributed by atoms with E-state index in [1.165, 1.54) is 6.33 Å². The predicted molar refractivity (Wildman–Crippen MR) is 71.0 cm³/mol. The zero-order valence-corrected chi connectivity index (χ0v) is 10.6. The number of hydrogen-bond donors (Lipinski definition) is 3. The summed E-state index contributed by atoms with van der Waals surface area (Å²) in [4.78, 5) is 25.7. The number of carbonyl (C=O) groups excluding carboxylic acids is 2. The van der Waals surface area contributed by atoms with Crippen molar-refractivity contribution in [2.75, 3.05) is 0 Å². The number of nitrogens with one attached hydrogen (secondary N) is 3. The Kier molecular flexibility index (Phi) is 2.31. The van der Waals surface area contributed by atoms with E-state index >= 15 is 0 Å². The van der Waals surface area contributed by atoms with E-state index in [0.717, 1.165) is 10.9 Å². The van der Waals surface area contributed by atoms with Crippen LogP contribution in [0.4, 0.5) is 4.79 Å². The second-order valence-corrected chi connectivity index (χ2v) is 4.63. The molecule has 3 aromatic rings. The molecule has 1 saturated heterocycles. The Morgan fingerprint density at radius 2 is 2.10 bits per heavy atom. The summed E-state index contributed by atoms with van der Waals surface area (Å²) in [6, 6.07) is 5.91. The number of amides is 3. The van der Waals surface area contributed by atoms with Gasteiger partial charge in [0.1, 0.15) is 17.7 Å². The monoisotopic (exact) mass is 283 g/mol. The number of rotatable bonds is 2. The summed E-state index contributed by atoms with van der Waals surface area (Å²) in [6.07, 6.45) is 1.50. The Morgan fingerprint density at radius 1 is 1.19 bits per heavy atom. The van der Waals surface area contributed by atoms with Crippen molar-refractivity contribution in [3.8, 4) is 11.4 Å². The third-order valence-electron chi connectivity index (χ3n) is 3.28. The van der Waals surface area contributed by atoms with Gasteiger partial charge in [0.2, 0.25) is 0 Å². The van der Waals surface area contributed by atoms with Crippen LogP contribution in [0.2, 0.25) is 0 Å².